The first-order chi connectivity index (χ1) is 6.36. The molecule has 14 heavy (non-hydrogen) atoms. The van der Waals surface area contributed by atoms with Crippen molar-refractivity contribution in [2.24, 2.45) is 5.73 Å². The summed E-state index contributed by atoms with van der Waals surface area (Å²) in [6.45, 7) is 5.63. The number of aryl methyl sites for hydroxylation is 1. The third-order valence-electron chi connectivity index (χ3n) is 2.23. The van der Waals surface area contributed by atoms with E-state index in [1.807, 2.05) is 20.8 Å². The van der Waals surface area contributed by atoms with Gasteiger partial charge in [0.2, 0.25) is 0 Å². The van der Waals surface area contributed by atoms with Crippen LogP contribution in [0.15, 0.2) is 12.1 Å². The van der Waals surface area contributed by atoms with Gasteiger partial charge in [0.25, 0.3) is 0 Å². The Morgan fingerprint density at radius 2 is 2.00 bits per heavy atom. The molecule has 0 saturated carbocycles. The molecule has 0 unspecified atom stereocenters. The predicted octanol–water partition coefficient (Wildman–Crippen LogP) is 3.24. The van der Waals surface area contributed by atoms with E-state index in [9.17, 15) is 4.39 Å². The molecule has 1 rings (SSSR count). The third-order valence-corrected chi connectivity index (χ3v) is 2.50. The van der Waals surface area contributed by atoms with E-state index in [0.29, 0.717) is 12.0 Å². The van der Waals surface area contributed by atoms with E-state index in [-0.39, 0.29) is 10.8 Å². The molecule has 78 valence electrons. The summed E-state index contributed by atoms with van der Waals surface area (Å²) in [6.07, 6.45) is 0.621. The normalized spacial score (nSPS) is 11.9. The van der Waals surface area contributed by atoms with Gasteiger partial charge in [-0.05, 0) is 37.5 Å². The van der Waals surface area contributed by atoms with Crippen molar-refractivity contribution >= 4 is 11.6 Å². The highest BCUT2D eigenvalue weighted by atomic mass is 35.5. The molecule has 0 aliphatic carbocycles. The molecule has 0 fully saturated rings. The molecular weight excluding hydrogens is 201 g/mol. The maximum atomic E-state index is 13.4. The first-order valence-corrected chi connectivity index (χ1v) is 5.01. The molecule has 1 aromatic carbocycles. The molecule has 2 N–H and O–H groups in total. The smallest absolute Gasteiger partial charge is 0.144 e. The van der Waals surface area contributed by atoms with E-state index in [2.05, 4.69) is 0 Å². The van der Waals surface area contributed by atoms with Gasteiger partial charge in [-0.15, -0.1) is 0 Å². The highest BCUT2D eigenvalue weighted by Crippen LogP contribution is 2.26. The SMILES string of the molecule is CCc1cc(C(C)(C)N)cc(Cl)c1F. The average molecular weight is 216 g/mol. The Hall–Kier alpha value is -0.600. The summed E-state index contributed by atoms with van der Waals surface area (Å²) >= 11 is 5.77. The number of rotatable bonds is 2. The lowest BCUT2D eigenvalue weighted by molar-refractivity contribution is 0.548. The lowest BCUT2D eigenvalue weighted by atomic mass is 9.93. The Balaban J connectivity index is 3.30. The lowest BCUT2D eigenvalue weighted by Gasteiger charge is -2.20. The van der Waals surface area contributed by atoms with Crippen LogP contribution in [0.2, 0.25) is 5.02 Å². The van der Waals surface area contributed by atoms with Gasteiger partial charge in [0.15, 0.2) is 0 Å². The second-order valence-electron chi connectivity index (χ2n) is 4.01. The third kappa shape index (κ3) is 2.25. The standard InChI is InChI=1S/C11H15ClFN/c1-4-7-5-8(11(2,3)14)6-9(12)10(7)13/h5-6H,4,14H2,1-3H3. The quantitative estimate of drug-likeness (QED) is 0.806. The van der Waals surface area contributed by atoms with Gasteiger partial charge in [0.1, 0.15) is 5.82 Å². The fraction of sp³-hybridized carbons (Fsp3) is 0.455. The van der Waals surface area contributed by atoms with Crippen molar-refractivity contribution in [1.29, 1.82) is 0 Å². The molecular formula is C11H15ClFN. The Labute approximate surface area is 89.1 Å². The van der Waals surface area contributed by atoms with Gasteiger partial charge in [-0.3, -0.25) is 0 Å². The largest absolute Gasteiger partial charge is 0.322 e. The van der Waals surface area contributed by atoms with E-state index in [4.69, 9.17) is 17.3 Å². The lowest BCUT2D eigenvalue weighted by Crippen LogP contribution is -2.28. The maximum Gasteiger partial charge on any atom is 0.144 e. The van der Waals surface area contributed by atoms with Crippen molar-refractivity contribution in [2.45, 2.75) is 32.7 Å². The molecule has 0 spiro atoms. The van der Waals surface area contributed by atoms with Crippen LogP contribution in [-0.4, -0.2) is 0 Å². The minimum atomic E-state index is -0.485. The topological polar surface area (TPSA) is 26.0 Å². The van der Waals surface area contributed by atoms with Gasteiger partial charge in [-0.25, -0.2) is 4.39 Å². The van der Waals surface area contributed by atoms with Crippen LogP contribution in [0.5, 0.6) is 0 Å². The van der Waals surface area contributed by atoms with Crippen molar-refractivity contribution in [1.82, 2.24) is 0 Å². The second-order valence-corrected chi connectivity index (χ2v) is 4.41. The number of halogens is 2. The molecule has 0 saturated heterocycles. The van der Waals surface area contributed by atoms with Crippen LogP contribution in [0.3, 0.4) is 0 Å². The molecule has 0 amide bonds. The summed E-state index contributed by atoms with van der Waals surface area (Å²) in [5.41, 5.74) is 6.91. The van der Waals surface area contributed by atoms with Crippen molar-refractivity contribution < 1.29 is 4.39 Å². The van der Waals surface area contributed by atoms with Crippen molar-refractivity contribution in [3.63, 3.8) is 0 Å². The van der Waals surface area contributed by atoms with Crippen molar-refractivity contribution in [2.75, 3.05) is 0 Å². The summed E-state index contributed by atoms with van der Waals surface area (Å²) in [4.78, 5) is 0. The number of hydrogen-bond donors (Lipinski definition) is 1. The molecule has 0 heterocycles. The van der Waals surface area contributed by atoms with Gasteiger partial charge in [-0.1, -0.05) is 24.6 Å². The van der Waals surface area contributed by atoms with Crippen LogP contribution >= 0.6 is 11.6 Å². The highest BCUT2D eigenvalue weighted by Gasteiger charge is 2.17. The Morgan fingerprint density at radius 1 is 1.43 bits per heavy atom. The van der Waals surface area contributed by atoms with E-state index < -0.39 is 5.54 Å². The van der Waals surface area contributed by atoms with Crippen molar-refractivity contribution in [3.05, 3.63) is 34.1 Å². The van der Waals surface area contributed by atoms with Gasteiger partial charge < -0.3 is 5.73 Å². The summed E-state index contributed by atoms with van der Waals surface area (Å²) < 4.78 is 13.4. The molecule has 0 atom stereocenters. The monoisotopic (exact) mass is 215 g/mol. The van der Waals surface area contributed by atoms with E-state index in [1.165, 1.54) is 0 Å². The fourth-order valence-electron chi connectivity index (χ4n) is 1.28. The van der Waals surface area contributed by atoms with Crippen molar-refractivity contribution in [3.8, 4) is 0 Å². The molecule has 0 aromatic heterocycles. The Bertz CT molecular complexity index is 342. The number of hydrogen-bond acceptors (Lipinski definition) is 1. The maximum absolute atomic E-state index is 13.4. The summed E-state index contributed by atoms with van der Waals surface area (Å²) in [5, 5.41) is 0.151. The zero-order valence-corrected chi connectivity index (χ0v) is 9.45. The average Bonchev–Trinajstić information content (AvgIpc) is 2.07. The van der Waals surface area contributed by atoms with Gasteiger partial charge in [0, 0.05) is 5.54 Å². The first-order valence-electron chi connectivity index (χ1n) is 4.63. The predicted molar refractivity (Wildman–Crippen MR) is 58.0 cm³/mol. The van der Waals surface area contributed by atoms with Gasteiger partial charge >= 0.3 is 0 Å². The van der Waals surface area contributed by atoms with E-state index >= 15 is 0 Å². The summed E-state index contributed by atoms with van der Waals surface area (Å²) in [5.74, 6) is -0.331. The number of benzene rings is 1. The van der Waals surface area contributed by atoms with Crippen LogP contribution < -0.4 is 5.73 Å². The molecule has 0 aliphatic rings. The molecule has 0 bridgehead atoms. The van der Waals surface area contributed by atoms with E-state index in [1.54, 1.807) is 12.1 Å². The van der Waals surface area contributed by atoms with E-state index in [0.717, 1.165) is 5.56 Å². The zero-order valence-electron chi connectivity index (χ0n) is 8.70. The highest BCUT2D eigenvalue weighted by molar-refractivity contribution is 6.30. The molecule has 0 aliphatic heterocycles. The van der Waals surface area contributed by atoms with Crippen LogP contribution in [0.25, 0.3) is 0 Å². The first kappa shape index (κ1) is 11.5. The van der Waals surface area contributed by atoms with Gasteiger partial charge in [-0.2, -0.15) is 0 Å². The molecule has 1 aromatic rings. The second kappa shape index (κ2) is 3.87. The zero-order chi connectivity index (χ0) is 10.9. The molecule has 1 nitrogen and oxygen atoms in total. The minimum Gasteiger partial charge on any atom is -0.322 e. The van der Waals surface area contributed by atoms with Crippen LogP contribution in [-0.2, 0) is 12.0 Å². The van der Waals surface area contributed by atoms with Crippen LogP contribution in [0, 0.1) is 5.82 Å². The molecule has 3 heteroatoms. The Kier molecular flexibility index (Phi) is 3.17. The fourth-order valence-corrected chi connectivity index (χ4v) is 1.51. The Morgan fingerprint density at radius 3 is 2.43 bits per heavy atom. The van der Waals surface area contributed by atoms with Crippen LogP contribution in [0.1, 0.15) is 31.9 Å². The summed E-state index contributed by atoms with van der Waals surface area (Å²) in [6, 6.07) is 3.37. The number of nitrogens with two attached hydrogens (primary N) is 1. The van der Waals surface area contributed by atoms with Gasteiger partial charge in [0.05, 0.1) is 5.02 Å². The minimum absolute atomic E-state index is 0.151. The summed E-state index contributed by atoms with van der Waals surface area (Å²) in [7, 11) is 0. The van der Waals surface area contributed by atoms with Crippen LogP contribution in [0.4, 0.5) is 4.39 Å². The molecule has 0 radical (unpaired) electrons.